The highest BCUT2D eigenvalue weighted by molar-refractivity contribution is 5.47. The van der Waals surface area contributed by atoms with E-state index in [9.17, 15) is 5.11 Å². The standard InChI is InChI=1S/C27H32N2O/c1-19-13-15-29(16-14-19)26-12-8-22(18-28-26)27-24(20-5-3-2-4-6-20)10-7-21-17-23(30)9-11-25(21)27/h2-5,8-9,11-12,17-20,24,27,30H,6-7,10,13-16H2,1H3/t20?,24-,27+/m1/s1. The first-order valence-corrected chi connectivity index (χ1v) is 11.5. The molecule has 1 fully saturated rings. The van der Waals surface area contributed by atoms with E-state index in [4.69, 9.17) is 4.98 Å². The van der Waals surface area contributed by atoms with E-state index in [1.807, 2.05) is 12.1 Å². The Balaban J connectivity index is 1.47. The molecule has 30 heavy (non-hydrogen) atoms. The molecule has 156 valence electrons. The molecule has 3 nitrogen and oxygen atoms in total. The zero-order chi connectivity index (χ0) is 20.5. The summed E-state index contributed by atoms with van der Waals surface area (Å²) < 4.78 is 0. The minimum Gasteiger partial charge on any atom is -0.508 e. The van der Waals surface area contributed by atoms with Gasteiger partial charge >= 0.3 is 0 Å². The molecule has 0 spiro atoms. The van der Waals surface area contributed by atoms with E-state index < -0.39 is 0 Å². The fourth-order valence-corrected chi connectivity index (χ4v) is 5.64. The number of aromatic hydroxyl groups is 1. The van der Waals surface area contributed by atoms with Crippen molar-refractivity contribution >= 4 is 5.82 Å². The second-order valence-electron chi connectivity index (χ2n) is 9.40. The molecule has 2 aromatic rings. The average molecular weight is 401 g/mol. The normalized spacial score (nSPS) is 26.6. The van der Waals surface area contributed by atoms with Crippen LogP contribution in [0, 0.1) is 17.8 Å². The van der Waals surface area contributed by atoms with Crippen LogP contribution >= 0.6 is 0 Å². The van der Waals surface area contributed by atoms with Gasteiger partial charge in [0.05, 0.1) is 0 Å². The van der Waals surface area contributed by atoms with E-state index in [1.54, 1.807) is 0 Å². The molecule has 2 heterocycles. The van der Waals surface area contributed by atoms with Crippen molar-refractivity contribution in [2.75, 3.05) is 18.0 Å². The molecular formula is C27H32N2O. The second kappa shape index (κ2) is 8.29. The minimum absolute atomic E-state index is 0.332. The smallest absolute Gasteiger partial charge is 0.128 e. The summed E-state index contributed by atoms with van der Waals surface area (Å²) in [5, 5.41) is 10.0. The number of piperidine rings is 1. The number of phenols is 1. The van der Waals surface area contributed by atoms with Crippen LogP contribution in [0.3, 0.4) is 0 Å². The fourth-order valence-electron chi connectivity index (χ4n) is 5.64. The van der Waals surface area contributed by atoms with E-state index in [0.29, 0.717) is 23.5 Å². The Labute approximate surface area is 180 Å². The van der Waals surface area contributed by atoms with Crippen molar-refractivity contribution in [1.29, 1.82) is 0 Å². The highest BCUT2D eigenvalue weighted by atomic mass is 16.3. The van der Waals surface area contributed by atoms with Gasteiger partial charge in [-0.25, -0.2) is 4.98 Å². The van der Waals surface area contributed by atoms with Gasteiger partial charge in [-0.2, -0.15) is 0 Å². The highest BCUT2D eigenvalue weighted by Gasteiger charge is 2.35. The van der Waals surface area contributed by atoms with Crippen LogP contribution in [-0.4, -0.2) is 23.2 Å². The van der Waals surface area contributed by atoms with Crippen molar-refractivity contribution in [2.24, 2.45) is 17.8 Å². The lowest BCUT2D eigenvalue weighted by Crippen LogP contribution is -2.33. The van der Waals surface area contributed by atoms with Gasteiger partial charge in [-0.05, 0) is 84.7 Å². The number of hydrogen-bond acceptors (Lipinski definition) is 3. The van der Waals surface area contributed by atoms with Crippen LogP contribution in [0.25, 0.3) is 0 Å². The Morgan fingerprint density at radius 1 is 1.03 bits per heavy atom. The van der Waals surface area contributed by atoms with Gasteiger partial charge in [0.2, 0.25) is 0 Å². The topological polar surface area (TPSA) is 36.4 Å². The quantitative estimate of drug-likeness (QED) is 0.702. The van der Waals surface area contributed by atoms with Crippen LogP contribution < -0.4 is 4.90 Å². The summed E-state index contributed by atoms with van der Waals surface area (Å²) in [6.45, 7) is 4.57. The van der Waals surface area contributed by atoms with Crippen molar-refractivity contribution in [2.45, 2.75) is 44.9 Å². The number of aromatic nitrogens is 1. The van der Waals surface area contributed by atoms with Crippen molar-refractivity contribution < 1.29 is 5.11 Å². The molecule has 1 aromatic carbocycles. The fraction of sp³-hybridized carbons (Fsp3) is 0.444. The first-order valence-electron chi connectivity index (χ1n) is 11.5. The first-order chi connectivity index (χ1) is 14.7. The number of hydrogen-bond donors (Lipinski definition) is 1. The number of anilines is 1. The monoisotopic (exact) mass is 400 g/mol. The second-order valence-corrected chi connectivity index (χ2v) is 9.40. The number of aryl methyl sites for hydroxylation is 1. The maximum absolute atomic E-state index is 10.0. The third-order valence-corrected chi connectivity index (χ3v) is 7.44. The maximum Gasteiger partial charge on any atom is 0.128 e. The van der Waals surface area contributed by atoms with Crippen LogP contribution in [0.15, 0.2) is 60.8 Å². The molecular weight excluding hydrogens is 368 g/mol. The van der Waals surface area contributed by atoms with Crippen molar-refractivity contribution in [3.8, 4) is 5.75 Å². The van der Waals surface area contributed by atoms with Crippen LogP contribution in [-0.2, 0) is 6.42 Å². The summed E-state index contributed by atoms with van der Waals surface area (Å²) in [6.07, 6.45) is 17.0. The van der Waals surface area contributed by atoms with Gasteiger partial charge in [0.25, 0.3) is 0 Å². The Hall–Kier alpha value is -2.55. The molecule has 0 amide bonds. The summed E-state index contributed by atoms with van der Waals surface area (Å²) in [5.74, 6) is 3.77. The van der Waals surface area contributed by atoms with Gasteiger partial charge in [0.1, 0.15) is 11.6 Å². The Morgan fingerprint density at radius 2 is 1.90 bits per heavy atom. The summed E-state index contributed by atoms with van der Waals surface area (Å²) >= 11 is 0. The molecule has 0 radical (unpaired) electrons. The van der Waals surface area contributed by atoms with Gasteiger partial charge in [0.15, 0.2) is 0 Å². The summed E-state index contributed by atoms with van der Waals surface area (Å²) in [6, 6.07) is 10.5. The van der Waals surface area contributed by atoms with Crippen LogP contribution in [0.4, 0.5) is 5.82 Å². The first kappa shape index (κ1) is 19.4. The third kappa shape index (κ3) is 3.78. The average Bonchev–Trinajstić information content (AvgIpc) is 2.79. The molecule has 3 aliphatic rings. The van der Waals surface area contributed by atoms with Gasteiger partial charge < -0.3 is 10.0 Å². The molecule has 1 unspecified atom stereocenters. The molecule has 5 rings (SSSR count). The lowest BCUT2D eigenvalue weighted by Gasteiger charge is -2.38. The van der Waals surface area contributed by atoms with E-state index in [0.717, 1.165) is 44.1 Å². The zero-order valence-corrected chi connectivity index (χ0v) is 17.9. The van der Waals surface area contributed by atoms with Gasteiger partial charge in [0, 0.05) is 25.2 Å². The molecule has 1 saturated heterocycles. The summed E-state index contributed by atoms with van der Waals surface area (Å²) in [7, 11) is 0. The number of nitrogens with zero attached hydrogens (tertiary/aromatic N) is 2. The third-order valence-electron chi connectivity index (χ3n) is 7.44. The van der Waals surface area contributed by atoms with Crippen LogP contribution in [0.2, 0.25) is 0 Å². The minimum atomic E-state index is 0.332. The molecule has 1 aromatic heterocycles. The van der Waals surface area contributed by atoms with E-state index in [1.165, 1.54) is 29.5 Å². The van der Waals surface area contributed by atoms with Crippen molar-refractivity contribution in [1.82, 2.24) is 4.98 Å². The number of benzene rings is 1. The van der Waals surface area contributed by atoms with E-state index in [2.05, 4.69) is 60.5 Å². The highest BCUT2D eigenvalue weighted by Crippen LogP contribution is 2.46. The molecule has 3 heteroatoms. The number of allylic oxidation sites excluding steroid dienone is 4. The van der Waals surface area contributed by atoms with Crippen molar-refractivity contribution in [3.05, 3.63) is 77.5 Å². The number of pyridine rings is 1. The SMILES string of the molecule is CC1CCN(c2ccc([C@@H]3c4ccc(O)cc4CC[C@@H]3C3C=CC=CC3)cn2)CC1. The van der Waals surface area contributed by atoms with Crippen LogP contribution in [0.1, 0.15) is 55.2 Å². The lowest BCUT2D eigenvalue weighted by molar-refractivity contribution is 0.315. The molecule has 0 bridgehead atoms. The molecule has 1 N–H and O–H groups in total. The number of phenolic OH excluding ortho intramolecular Hbond substituents is 1. The predicted molar refractivity (Wildman–Crippen MR) is 123 cm³/mol. The molecule has 1 aliphatic heterocycles. The van der Waals surface area contributed by atoms with E-state index >= 15 is 0 Å². The lowest BCUT2D eigenvalue weighted by atomic mass is 9.66. The van der Waals surface area contributed by atoms with Gasteiger partial charge in [-0.1, -0.05) is 43.4 Å². The van der Waals surface area contributed by atoms with Gasteiger partial charge in [-0.3, -0.25) is 0 Å². The molecule has 3 atom stereocenters. The predicted octanol–water partition coefficient (Wildman–Crippen LogP) is 5.85. The Bertz CT molecular complexity index is 938. The van der Waals surface area contributed by atoms with Crippen molar-refractivity contribution in [3.63, 3.8) is 0 Å². The Morgan fingerprint density at radius 3 is 2.63 bits per heavy atom. The number of rotatable bonds is 3. The largest absolute Gasteiger partial charge is 0.508 e. The zero-order valence-electron chi connectivity index (χ0n) is 17.9. The summed E-state index contributed by atoms with van der Waals surface area (Å²) in [4.78, 5) is 7.35. The molecule has 0 saturated carbocycles. The Kier molecular flexibility index (Phi) is 5.37. The molecule has 2 aliphatic carbocycles. The van der Waals surface area contributed by atoms with Gasteiger partial charge in [-0.15, -0.1) is 0 Å². The van der Waals surface area contributed by atoms with Crippen LogP contribution in [0.5, 0.6) is 5.75 Å². The number of fused-ring (bicyclic) bond motifs is 1. The van der Waals surface area contributed by atoms with E-state index in [-0.39, 0.29) is 0 Å². The summed E-state index contributed by atoms with van der Waals surface area (Å²) in [5.41, 5.74) is 3.97. The maximum atomic E-state index is 10.0.